The molecule has 2 aliphatic heterocycles. The van der Waals surface area contributed by atoms with Crippen molar-refractivity contribution in [2.75, 3.05) is 27.2 Å². The topological polar surface area (TPSA) is 52.7 Å². The minimum atomic E-state index is 0.148. The van der Waals surface area contributed by atoms with E-state index < -0.39 is 0 Å². The first kappa shape index (κ1) is 20.2. The number of piperidine rings is 1. The fourth-order valence-corrected chi connectivity index (χ4v) is 4.49. The lowest BCUT2D eigenvalue weighted by Crippen LogP contribution is -2.42. The van der Waals surface area contributed by atoms with Crippen molar-refractivity contribution in [3.63, 3.8) is 0 Å². The summed E-state index contributed by atoms with van der Waals surface area (Å²) in [7, 11) is 4.07. The van der Waals surface area contributed by atoms with Gasteiger partial charge in [-0.05, 0) is 44.6 Å². The number of nitrogens with one attached hydrogen (secondary N) is 1. The Labute approximate surface area is 153 Å². The summed E-state index contributed by atoms with van der Waals surface area (Å²) < 4.78 is 0. The van der Waals surface area contributed by atoms with Crippen LogP contribution in [0.15, 0.2) is 0 Å². The number of rotatable bonds is 9. The van der Waals surface area contributed by atoms with Crippen molar-refractivity contribution in [1.29, 1.82) is 0 Å². The van der Waals surface area contributed by atoms with E-state index in [0.29, 0.717) is 49.9 Å². The van der Waals surface area contributed by atoms with Gasteiger partial charge in [-0.2, -0.15) is 0 Å². The van der Waals surface area contributed by atoms with Gasteiger partial charge < -0.3 is 15.1 Å². The zero-order valence-corrected chi connectivity index (χ0v) is 16.6. The molecule has 0 spiro atoms. The van der Waals surface area contributed by atoms with Crippen molar-refractivity contribution in [3.8, 4) is 0 Å². The molecule has 5 heteroatoms. The summed E-state index contributed by atoms with van der Waals surface area (Å²) in [6, 6.07) is 1.37. The van der Waals surface area contributed by atoms with Crippen LogP contribution >= 0.6 is 0 Å². The second-order valence-electron chi connectivity index (χ2n) is 8.14. The van der Waals surface area contributed by atoms with Crippen molar-refractivity contribution in [2.24, 2.45) is 11.8 Å². The molecule has 0 aliphatic carbocycles. The Morgan fingerprint density at radius 3 is 2.32 bits per heavy atom. The standard InChI is InChI=1S/C20H37N3O2/c1-5-15(6-2)14-20(25)22(3)10-9-21-19(24)13-16-11-17-7-8-18(12-16)23(17)4/h15-18H,5-14H2,1-4H3,(H,21,24). The molecule has 2 unspecified atom stereocenters. The molecule has 2 heterocycles. The first-order valence-corrected chi connectivity index (χ1v) is 10.2. The van der Waals surface area contributed by atoms with Crippen LogP contribution in [0.1, 0.15) is 65.2 Å². The lowest BCUT2D eigenvalue weighted by atomic mass is 9.88. The normalized spacial score (nSPS) is 26.0. The third-order valence-corrected chi connectivity index (χ3v) is 6.48. The van der Waals surface area contributed by atoms with E-state index in [2.05, 4.69) is 31.1 Å². The van der Waals surface area contributed by atoms with Gasteiger partial charge in [0.25, 0.3) is 0 Å². The van der Waals surface area contributed by atoms with Crippen LogP contribution in [0, 0.1) is 11.8 Å². The zero-order valence-electron chi connectivity index (χ0n) is 16.6. The first-order valence-electron chi connectivity index (χ1n) is 10.2. The summed E-state index contributed by atoms with van der Waals surface area (Å²) in [5, 5.41) is 3.01. The summed E-state index contributed by atoms with van der Waals surface area (Å²) in [5.74, 6) is 1.34. The number of hydrogen-bond donors (Lipinski definition) is 1. The van der Waals surface area contributed by atoms with Crippen LogP contribution in [-0.4, -0.2) is 60.9 Å². The molecule has 2 aliphatic rings. The molecule has 0 aromatic rings. The predicted molar refractivity (Wildman–Crippen MR) is 101 cm³/mol. The fraction of sp³-hybridized carbons (Fsp3) is 0.900. The van der Waals surface area contributed by atoms with Gasteiger partial charge in [0.05, 0.1) is 0 Å². The number of hydrogen-bond acceptors (Lipinski definition) is 3. The van der Waals surface area contributed by atoms with E-state index >= 15 is 0 Å². The summed E-state index contributed by atoms with van der Waals surface area (Å²) >= 11 is 0. The number of amides is 2. The molecule has 0 aromatic heterocycles. The molecule has 2 bridgehead atoms. The van der Waals surface area contributed by atoms with Gasteiger partial charge >= 0.3 is 0 Å². The zero-order chi connectivity index (χ0) is 18.4. The molecular weight excluding hydrogens is 314 g/mol. The molecular formula is C20H37N3O2. The van der Waals surface area contributed by atoms with E-state index in [0.717, 1.165) is 25.7 Å². The highest BCUT2D eigenvalue weighted by atomic mass is 16.2. The number of likely N-dealkylation sites (N-methyl/N-ethyl adjacent to an activating group) is 1. The lowest BCUT2D eigenvalue weighted by molar-refractivity contribution is -0.131. The van der Waals surface area contributed by atoms with E-state index in [1.54, 1.807) is 4.90 Å². The molecule has 144 valence electrons. The van der Waals surface area contributed by atoms with Gasteiger partial charge in [-0.1, -0.05) is 26.7 Å². The first-order chi connectivity index (χ1) is 11.9. The Morgan fingerprint density at radius 1 is 1.16 bits per heavy atom. The van der Waals surface area contributed by atoms with Gasteiger partial charge in [0.1, 0.15) is 0 Å². The molecule has 25 heavy (non-hydrogen) atoms. The number of fused-ring (bicyclic) bond motifs is 2. The van der Waals surface area contributed by atoms with Gasteiger partial charge in [0.15, 0.2) is 0 Å². The van der Waals surface area contributed by atoms with E-state index in [1.165, 1.54) is 12.8 Å². The maximum absolute atomic E-state index is 12.2. The second kappa shape index (κ2) is 9.56. The van der Waals surface area contributed by atoms with Crippen molar-refractivity contribution in [2.45, 2.75) is 77.3 Å². The van der Waals surface area contributed by atoms with Crippen LogP contribution in [0.3, 0.4) is 0 Å². The van der Waals surface area contributed by atoms with Gasteiger partial charge in [-0.15, -0.1) is 0 Å². The van der Waals surface area contributed by atoms with Crippen LogP contribution in [0.2, 0.25) is 0 Å². The fourth-order valence-electron chi connectivity index (χ4n) is 4.49. The van der Waals surface area contributed by atoms with Gasteiger partial charge in [0, 0.05) is 45.1 Å². The molecule has 2 saturated heterocycles. The smallest absolute Gasteiger partial charge is 0.222 e. The van der Waals surface area contributed by atoms with Crippen LogP contribution in [0.5, 0.6) is 0 Å². The van der Waals surface area contributed by atoms with Crippen molar-refractivity contribution >= 4 is 11.8 Å². The third-order valence-electron chi connectivity index (χ3n) is 6.48. The molecule has 1 N–H and O–H groups in total. The van der Waals surface area contributed by atoms with Crippen LogP contribution in [0.25, 0.3) is 0 Å². The maximum atomic E-state index is 12.2. The monoisotopic (exact) mass is 351 g/mol. The van der Waals surface area contributed by atoms with Crippen LogP contribution in [-0.2, 0) is 9.59 Å². The summed E-state index contributed by atoms with van der Waals surface area (Å²) in [6.45, 7) is 5.43. The summed E-state index contributed by atoms with van der Waals surface area (Å²) in [5.41, 5.74) is 0. The van der Waals surface area contributed by atoms with Crippen molar-refractivity contribution in [3.05, 3.63) is 0 Å². The highest BCUT2D eigenvalue weighted by molar-refractivity contribution is 5.77. The molecule has 0 radical (unpaired) electrons. The van der Waals surface area contributed by atoms with Gasteiger partial charge in [-0.25, -0.2) is 0 Å². The molecule has 5 nitrogen and oxygen atoms in total. The largest absolute Gasteiger partial charge is 0.354 e. The SMILES string of the molecule is CCC(CC)CC(=O)N(C)CCNC(=O)CC1CC2CCC(C1)N2C. The van der Waals surface area contributed by atoms with Crippen molar-refractivity contribution in [1.82, 2.24) is 15.1 Å². The highest BCUT2D eigenvalue weighted by Gasteiger charge is 2.38. The minimum Gasteiger partial charge on any atom is -0.354 e. The number of carbonyl (C=O) groups is 2. The quantitative estimate of drug-likeness (QED) is 0.695. The lowest BCUT2D eigenvalue weighted by Gasteiger charge is -2.36. The maximum Gasteiger partial charge on any atom is 0.222 e. The summed E-state index contributed by atoms with van der Waals surface area (Å²) in [4.78, 5) is 28.7. The Morgan fingerprint density at radius 2 is 1.76 bits per heavy atom. The average molecular weight is 352 g/mol. The Kier molecular flexibility index (Phi) is 7.73. The minimum absolute atomic E-state index is 0.148. The Balaban J connectivity index is 1.63. The molecule has 0 saturated carbocycles. The van der Waals surface area contributed by atoms with E-state index in [1.807, 2.05) is 7.05 Å². The molecule has 0 aromatic carbocycles. The molecule has 2 rings (SSSR count). The third kappa shape index (κ3) is 5.70. The predicted octanol–water partition coefficient (Wildman–Crippen LogP) is 2.65. The highest BCUT2D eigenvalue weighted by Crippen LogP contribution is 2.38. The molecule has 2 fully saturated rings. The number of carbonyl (C=O) groups excluding carboxylic acids is 2. The number of nitrogens with zero attached hydrogens (tertiary/aromatic N) is 2. The van der Waals surface area contributed by atoms with Gasteiger partial charge in [0.2, 0.25) is 11.8 Å². The van der Waals surface area contributed by atoms with Gasteiger partial charge in [-0.3, -0.25) is 9.59 Å². The van der Waals surface area contributed by atoms with E-state index in [-0.39, 0.29) is 11.8 Å². The van der Waals surface area contributed by atoms with Crippen LogP contribution < -0.4 is 5.32 Å². The van der Waals surface area contributed by atoms with E-state index in [9.17, 15) is 9.59 Å². The Hall–Kier alpha value is -1.10. The van der Waals surface area contributed by atoms with Crippen LogP contribution in [0.4, 0.5) is 0 Å². The van der Waals surface area contributed by atoms with E-state index in [4.69, 9.17) is 0 Å². The van der Waals surface area contributed by atoms with Crippen molar-refractivity contribution < 1.29 is 9.59 Å². The molecule has 2 atom stereocenters. The second-order valence-corrected chi connectivity index (χ2v) is 8.14. The molecule has 2 amide bonds. The average Bonchev–Trinajstić information content (AvgIpc) is 2.80. The Bertz CT molecular complexity index is 436. The summed E-state index contributed by atoms with van der Waals surface area (Å²) in [6.07, 6.45) is 8.27.